The Hall–Kier alpha value is -3.22. The Kier molecular flexibility index (Phi) is 6.00. The maximum Gasteiger partial charge on any atom is 0.249 e. The van der Waals surface area contributed by atoms with Crippen molar-refractivity contribution in [3.8, 4) is 11.5 Å². The molecule has 0 aromatic heterocycles. The lowest BCUT2D eigenvalue weighted by molar-refractivity contribution is -0.117. The van der Waals surface area contributed by atoms with E-state index in [9.17, 15) is 9.59 Å². The standard InChI is InChI=1S/C24H21Cl2N3O3/c1-13-5-7-16(11-17(13)24(28)31)29-12-15(10-22(29)30)14-6-8-18(25)21(9-14)32-23-19(26)3-2-4-20(23)27/h2-9,11,15H,10,12,27H2,1H3,(H2,28,31)/t15-/m0/s1. The van der Waals surface area contributed by atoms with Crippen molar-refractivity contribution in [2.45, 2.75) is 19.3 Å². The van der Waals surface area contributed by atoms with Gasteiger partial charge in [0.1, 0.15) is 5.75 Å². The largest absolute Gasteiger partial charge is 0.452 e. The highest BCUT2D eigenvalue weighted by Crippen LogP contribution is 2.40. The third-order valence-corrected chi connectivity index (χ3v) is 6.17. The Morgan fingerprint density at radius 1 is 1.09 bits per heavy atom. The quantitative estimate of drug-likeness (QED) is 0.495. The minimum Gasteiger partial charge on any atom is -0.452 e. The van der Waals surface area contributed by atoms with Crippen molar-refractivity contribution in [3.05, 3.63) is 81.3 Å². The zero-order chi connectivity index (χ0) is 23.0. The molecule has 2 amide bonds. The van der Waals surface area contributed by atoms with Gasteiger partial charge in [0, 0.05) is 30.1 Å². The van der Waals surface area contributed by atoms with Gasteiger partial charge in [-0.15, -0.1) is 0 Å². The molecule has 0 saturated carbocycles. The summed E-state index contributed by atoms with van der Waals surface area (Å²) in [4.78, 5) is 26.1. The molecule has 0 bridgehead atoms. The Balaban J connectivity index is 1.60. The first-order chi connectivity index (χ1) is 15.2. The Morgan fingerprint density at radius 2 is 1.88 bits per heavy atom. The van der Waals surface area contributed by atoms with Gasteiger partial charge in [-0.05, 0) is 54.4 Å². The zero-order valence-electron chi connectivity index (χ0n) is 17.3. The number of carbonyl (C=O) groups is 2. The first-order valence-corrected chi connectivity index (χ1v) is 10.7. The number of hydrogen-bond donors (Lipinski definition) is 2. The molecule has 4 N–H and O–H groups in total. The second kappa shape index (κ2) is 8.73. The van der Waals surface area contributed by atoms with E-state index < -0.39 is 5.91 Å². The topological polar surface area (TPSA) is 98.7 Å². The Morgan fingerprint density at radius 3 is 2.59 bits per heavy atom. The minimum absolute atomic E-state index is 0.0398. The van der Waals surface area contributed by atoms with Crippen LogP contribution in [-0.2, 0) is 4.79 Å². The normalized spacial score (nSPS) is 15.8. The first-order valence-electron chi connectivity index (χ1n) is 9.96. The highest BCUT2D eigenvalue weighted by atomic mass is 35.5. The van der Waals surface area contributed by atoms with Gasteiger partial charge in [-0.3, -0.25) is 9.59 Å². The maximum atomic E-state index is 12.8. The lowest BCUT2D eigenvalue weighted by Crippen LogP contribution is -2.25. The number of para-hydroxylation sites is 1. The number of nitrogen functional groups attached to an aromatic ring is 1. The Bertz CT molecular complexity index is 1210. The molecule has 164 valence electrons. The molecule has 1 fully saturated rings. The fourth-order valence-electron chi connectivity index (χ4n) is 3.82. The minimum atomic E-state index is -0.522. The molecule has 0 spiro atoms. The summed E-state index contributed by atoms with van der Waals surface area (Å²) in [5, 5.41) is 0.775. The summed E-state index contributed by atoms with van der Waals surface area (Å²) in [6.07, 6.45) is 0.315. The zero-order valence-corrected chi connectivity index (χ0v) is 18.8. The number of benzene rings is 3. The van der Waals surface area contributed by atoms with Gasteiger partial charge in [0.15, 0.2) is 5.75 Å². The van der Waals surface area contributed by atoms with Gasteiger partial charge in [-0.2, -0.15) is 0 Å². The highest BCUT2D eigenvalue weighted by molar-refractivity contribution is 6.33. The van der Waals surface area contributed by atoms with Crippen LogP contribution >= 0.6 is 23.2 Å². The Labute approximate surface area is 195 Å². The van der Waals surface area contributed by atoms with Crippen LogP contribution in [0, 0.1) is 6.92 Å². The smallest absolute Gasteiger partial charge is 0.249 e. The van der Waals surface area contributed by atoms with Crippen molar-refractivity contribution in [3.63, 3.8) is 0 Å². The number of rotatable bonds is 5. The summed E-state index contributed by atoms with van der Waals surface area (Å²) < 4.78 is 5.93. The summed E-state index contributed by atoms with van der Waals surface area (Å²) in [5.41, 5.74) is 14.6. The van der Waals surface area contributed by atoms with Gasteiger partial charge in [-0.25, -0.2) is 0 Å². The number of primary amides is 1. The van der Waals surface area contributed by atoms with Gasteiger partial charge in [0.25, 0.3) is 0 Å². The van der Waals surface area contributed by atoms with E-state index >= 15 is 0 Å². The molecule has 3 aromatic rings. The molecule has 0 unspecified atom stereocenters. The molecule has 1 saturated heterocycles. The second-order valence-corrected chi connectivity index (χ2v) is 8.53. The third-order valence-electron chi connectivity index (χ3n) is 5.56. The van der Waals surface area contributed by atoms with Crippen LogP contribution in [0.25, 0.3) is 0 Å². The number of amides is 2. The van der Waals surface area contributed by atoms with Crippen LogP contribution < -0.4 is 21.1 Å². The summed E-state index contributed by atoms with van der Waals surface area (Å²) in [7, 11) is 0. The van der Waals surface area contributed by atoms with Crippen LogP contribution in [-0.4, -0.2) is 18.4 Å². The van der Waals surface area contributed by atoms with E-state index in [0.717, 1.165) is 11.1 Å². The van der Waals surface area contributed by atoms with E-state index in [1.165, 1.54) is 0 Å². The number of halogens is 2. The number of nitrogens with two attached hydrogens (primary N) is 2. The predicted octanol–water partition coefficient (Wildman–Crippen LogP) is 5.30. The van der Waals surface area contributed by atoms with E-state index in [2.05, 4.69) is 0 Å². The van der Waals surface area contributed by atoms with E-state index in [1.807, 2.05) is 12.1 Å². The van der Waals surface area contributed by atoms with E-state index in [4.69, 9.17) is 39.4 Å². The molecular weight excluding hydrogens is 449 g/mol. The van der Waals surface area contributed by atoms with Gasteiger partial charge in [-0.1, -0.05) is 41.4 Å². The van der Waals surface area contributed by atoms with Gasteiger partial charge < -0.3 is 21.1 Å². The molecular formula is C24H21Cl2N3O3. The fraction of sp³-hybridized carbons (Fsp3) is 0.167. The molecule has 1 aliphatic heterocycles. The monoisotopic (exact) mass is 469 g/mol. The lowest BCUT2D eigenvalue weighted by Gasteiger charge is -2.19. The van der Waals surface area contributed by atoms with Crippen molar-refractivity contribution in [2.24, 2.45) is 5.73 Å². The van der Waals surface area contributed by atoms with Crippen LogP contribution in [0.15, 0.2) is 54.6 Å². The summed E-state index contributed by atoms with van der Waals surface area (Å²) in [6.45, 7) is 2.26. The average molecular weight is 470 g/mol. The van der Waals surface area contributed by atoms with Crippen LogP contribution in [0.3, 0.4) is 0 Å². The van der Waals surface area contributed by atoms with E-state index in [1.54, 1.807) is 54.3 Å². The maximum absolute atomic E-state index is 12.8. The first kappa shape index (κ1) is 22.0. The highest BCUT2D eigenvalue weighted by Gasteiger charge is 2.32. The molecule has 1 atom stereocenters. The van der Waals surface area contributed by atoms with Gasteiger partial charge in [0.2, 0.25) is 11.8 Å². The number of nitrogens with zero attached hydrogens (tertiary/aromatic N) is 1. The van der Waals surface area contributed by atoms with Crippen molar-refractivity contribution in [1.82, 2.24) is 0 Å². The van der Waals surface area contributed by atoms with Crippen LogP contribution in [0.4, 0.5) is 11.4 Å². The number of ether oxygens (including phenoxy) is 1. The molecule has 0 radical (unpaired) electrons. The molecule has 32 heavy (non-hydrogen) atoms. The lowest BCUT2D eigenvalue weighted by atomic mass is 9.98. The van der Waals surface area contributed by atoms with Gasteiger partial charge >= 0.3 is 0 Å². The molecule has 6 nitrogen and oxygen atoms in total. The van der Waals surface area contributed by atoms with E-state index in [-0.39, 0.29) is 11.8 Å². The van der Waals surface area contributed by atoms with Crippen LogP contribution in [0.1, 0.15) is 33.8 Å². The summed E-state index contributed by atoms with van der Waals surface area (Å²) in [5.74, 6) is 0.0918. The predicted molar refractivity (Wildman–Crippen MR) is 127 cm³/mol. The average Bonchev–Trinajstić information content (AvgIpc) is 3.14. The number of aryl methyl sites for hydroxylation is 1. The molecule has 8 heteroatoms. The third kappa shape index (κ3) is 4.24. The summed E-state index contributed by atoms with van der Waals surface area (Å²) >= 11 is 12.6. The molecule has 1 heterocycles. The van der Waals surface area contributed by atoms with Crippen molar-refractivity contribution < 1.29 is 14.3 Å². The van der Waals surface area contributed by atoms with Crippen molar-refractivity contribution in [1.29, 1.82) is 0 Å². The van der Waals surface area contributed by atoms with Crippen LogP contribution in [0.2, 0.25) is 10.0 Å². The SMILES string of the molecule is Cc1ccc(N2C[C@@H](c3ccc(Cl)c(Oc4c(N)cccc4Cl)c3)CC2=O)cc1C(N)=O. The van der Waals surface area contributed by atoms with Crippen molar-refractivity contribution in [2.75, 3.05) is 17.2 Å². The second-order valence-electron chi connectivity index (χ2n) is 7.72. The molecule has 0 aliphatic carbocycles. The molecule has 4 rings (SSSR count). The van der Waals surface area contributed by atoms with Crippen LogP contribution in [0.5, 0.6) is 11.5 Å². The van der Waals surface area contributed by atoms with Crippen molar-refractivity contribution >= 4 is 46.4 Å². The number of hydrogen-bond acceptors (Lipinski definition) is 4. The molecule has 1 aliphatic rings. The number of anilines is 2. The number of carbonyl (C=O) groups excluding carboxylic acids is 2. The molecule has 3 aromatic carbocycles. The van der Waals surface area contributed by atoms with E-state index in [0.29, 0.717) is 51.4 Å². The van der Waals surface area contributed by atoms with Gasteiger partial charge in [0.05, 0.1) is 15.7 Å². The fourth-order valence-corrected chi connectivity index (χ4v) is 4.20. The summed E-state index contributed by atoms with van der Waals surface area (Å²) in [6, 6.07) is 15.8.